The molecule has 1 aliphatic carbocycles. The predicted molar refractivity (Wildman–Crippen MR) is 123 cm³/mol. The molecule has 1 saturated carbocycles. The fourth-order valence-corrected chi connectivity index (χ4v) is 4.08. The first-order valence-electron chi connectivity index (χ1n) is 10.7. The summed E-state index contributed by atoms with van der Waals surface area (Å²) in [5.41, 5.74) is 2.52. The summed E-state index contributed by atoms with van der Waals surface area (Å²) in [6.07, 6.45) is 4.38. The molecule has 0 saturated heterocycles. The Morgan fingerprint density at radius 1 is 0.903 bits per heavy atom. The van der Waals surface area contributed by atoms with E-state index >= 15 is 0 Å². The SMILES string of the molecule is CN(Cc1ccccc1)C(=O)c1ccc(CNc2c(NC3CCCC3)c(=O)c2=O)cc1. The Kier molecular flexibility index (Phi) is 6.16. The van der Waals surface area contributed by atoms with E-state index in [1.54, 1.807) is 24.1 Å². The third kappa shape index (κ3) is 4.68. The highest BCUT2D eigenvalue weighted by atomic mass is 16.2. The van der Waals surface area contributed by atoms with E-state index in [4.69, 9.17) is 0 Å². The molecular formula is C25H27N3O3. The molecule has 2 N–H and O–H groups in total. The lowest BCUT2D eigenvalue weighted by molar-refractivity contribution is 0.0785. The molecule has 0 aromatic heterocycles. The minimum atomic E-state index is -0.463. The van der Waals surface area contributed by atoms with Crippen LogP contribution in [0.15, 0.2) is 64.2 Å². The summed E-state index contributed by atoms with van der Waals surface area (Å²) < 4.78 is 0. The van der Waals surface area contributed by atoms with Crippen molar-refractivity contribution < 1.29 is 4.79 Å². The van der Waals surface area contributed by atoms with Crippen LogP contribution in [0.2, 0.25) is 0 Å². The Labute approximate surface area is 181 Å². The van der Waals surface area contributed by atoms with Crippen LogP contribution in [0.4, 0.5) is 11.4 Å². The second kappa shape index (κ2) is 9.16. The van der Waals surface area contributed by atoms with E-state index in [9.17, 15) is 14.4 Å². The summed E-state index contributed by atoms with van der Waals surface area (Å²) in [7, 11) is 1.79. The summed E-state index contributed by atoms with van der Waals surface area (Å²) in [4.78, 5) is 38.3. The fraction of sp³-hybridized carbons (Fsp3) is 0.320. The van der Waals surface area contributed by atoms with Gasteiger partial charge in [0.25, 0.3) is 16.8 Å². The number of anilines is 2. The van der Waals surface area contributed by atoms with Crippen LogP contribution < -0.4 is 21.5 Å². The number of hydrogen-bond acceptors (Lipinski definition) is 5. The number of amides is 1. The topological polar surface area (TPSA) is 78.5 Å². The lowest BCUT2D eigenvalue weighted by Crippen LogP contribution is -2.39. The van der Waals surface area contributed by atoms with Crippen LogP contribution in [-0.2, 0) is 13.1 Å². The van der Waals surface area contributed by atoms with E-state index < -0.39 is 10.9 Å². The summed E-state index contributed by atoms with van der Waals surface area (Å²) in [5.74, 6) is -0.0473. The molecule has 0 bridgehead atoms. The molecule has 3 aromatic rings. The van der Waals surface area contributed by atoms with Crippen molar-refractivity contribution in [3.8, 4) is 0 Å². The highest BCUT2D eigenvalue weighted by molar-refractivity contribution is 5.94. The molecular weight excluding hydrogens is 390 g/mol. The molecule has 6 heteroatoms. The zero-order valence-corrected chi connectivity index (χ0v) is 17.7. The van der Waals surface area contributed by atoms with Crippen molar-refractivity contribution in [2.24, 2.45) is 0 Å². The van der Waals surface area contributed by atoms with E-state index in [-0.39, 0.29) is 11.9 Å². The van der Waals surface area contributed by atoms with Gasteiger partial charge in [-0.3, -0.25) is 14.4 Å². The first-order chi connectivity index (χ1) is 15.0. The summed E-state index contributed by atoms with van der Waals surface area (Å²) in [5, 5.41) is 6.33. The largest absolute Gasteiger partial charge is 0.377 e. The van der Waals surface area contributed by atoms with Gasteiger partial charge >= 0.3 is 0 Å². The zero-order chi connectivity index (χ0) is 21.8. The van der Waals surface area contributed by atoms with Crippen LogP contribution in [0.25, 0.3) is 0 Å². The van der Waals surface area contributed by atoms with Crippen LogP contribution in [0.3, 0.4) is 0 Å². The number of nitrogens with zero attached hydrogens (tertiary/aromatic N) is 1. The molecule has 3 aromatic carbocycles. The van der Waals surface area contributed by atoms with Gasteiger partial charge in [-0.15, -0.1) is 0 Å². The van der Waals surface area contributed by atoms with E-state index in [0.717, 1.165) is 36.8 Å². The normalized spacial score (nSPS) is 14.0. The molecule has 0 atom stereocenters. The lowest BCUT2D eigenvalue weighted by Gasteiger charge is -2.19. The maximum absolute atomic E-state index is 12.7. The highest BCUT2D eigenvalue weighted by Gasteiger charge is 2.24. The van der Waals surface area contributed by atoms with Gasteiger partial charge in [-0.2, -0.15) is 0 Å². The standard InChI is InChI=1S/C25H27N3O3/c1-28(16-18-7-3-2-4-8-18)25(31)19-13-11-17(12-14-19)15-26-21-22(24(30)23(21)29)27-20-9-5-6-10-20/h2-4,7-8,11-14,20,26-27H,5-6,9-10,15-16H2,1H3. The van der Waals surface area contributed by atoms with Crippen LogP contribution in [0.1, 0.15) is 47.2 Å². The van der Waals surface area contributed by atoms with Crippen molar-refractivity contribution in [3.05, 3.63) is 91.7 Å². The number of benzene rings is 2. The van der Waals surface area contributed by atoms with Crippen molar-refractivity contribution in [2.45, 2.75) is 44.8 Å². The van der Waals surface area contributed by atoms with Gasteiger partial charge < -0.3 is 15.5 Å². The second-order valence-corrected chi connectivity index (χ2v) is 8.23. The molecule has 0 radical (unpaired) electrons. The molecule has 160 valence electrons. The van der Waals surface area contributed by atoms with Gasteiger partial charge in [0.1, 0.15) is 11.4 Å². The number of rotatable bonds is 8. The monoisotopic (exact) mass is 417 g/mol. The molecule has 0 unspecified atom stereocenters. The smallest absolute Gasteiger partial charge is 0.253 e. The van der Waals surface area contributed by atoms with Crippen molar-refractivity contribution in [1.29, 1.82) is 0 Å². The molecule has 1 aliphatic rings. The van der Waals surface area contributed by atoms with Crippen molar-refractivity contribution in [2.75, 3.05) is 17.7 Å². The Balaban J connectivity index is 1.35. The molecule has 4 rings (SSSR count). The van der Waals surface area contributed by atoms with Gasteiger partial charge in [0.2, 0.25) is 0 Å². The molecule has 1 amide bonds. The number of nitrogens with one attached hydrogen (secondary N) is 2. The average Bonchev–Trinajstić information content (AvgIpc) is 3.32. The van der Waals surface area contributed by atoms with E-state index in [0.29, 0.717) is 30.0 Å². The summed E-state index contributed by atoms with van der Waals surface area (Å²) in [6, 6.07) is 17.5. The number of carbonyl (C=O) groups excluding carboxylic acids is 1. The van der Waals surface area contributed by atoms with Crippen LogP contribution >= 0.6 is 0 Å². The van der Waals surface area contributed by atoms with Crippen molar-refractivity contribution >= 4 is 17.3 Å². The Bertz CT molecular complexity index is 1110. The van der Waals surface area contributed by atoms with Crippen molar-refractivity contribution in [3.63, 3.8) is 0 Å². The maximum Gasteiger partial charge on any atom is 0.253 e. The first kappa shape index (κ1) is 20.8. The van der Waals surface area contributed by atoms with Gasteiger partial charge in [-0.25, -0.2) is 0 Å². The van der Waals surface area contributed by atoms with Gasteiger partial charge in [0.05, 0.1) is 0 Å². The molecule has 0 spiro atoms. The molecule has 6 nitrogen and oxygen atoms in total. The minimum Gasteiger partial charge on any atom is -0.377 e. The van der Waals surface area contributed by atoms with E-state index in [2.05, 4.69) is 10.6 Å². The molecule has 0 heterocycles. The van der Waals surface area contributed by atoms with Gasteiger partial charge in [0.15, 0.2) is 0 Å². The van der Waals surface area contributed by atoms with Crippen LogP contribution in [0, 0.1) is 0 Å². The van der Waals surface area contributed by atoms with Gasteiger partial charge in [0, 0.05) is 31.7 Å². The van der Waals surface area contributed by atoms with Crippen LogP contribution in [0.5, 0.6) is 0 Å². The lowest BCUT2D eigenvalue weighted by atomic mass is 10.1. The molecule has 0 aliphatic heterocycles. The summed E-state index contributed by atoms with van der Waals surface area (Å²) >= 11 is 0. The second-order valence-electron chi connectivity index (χ2n) is 8.23. The van der Waals surface area contributed by atoms with E-state index in [1.165, 1.54) is 0 Å². The minimum absolute atomic E-state index is 0.0473. The maximum atomic E-state index is 12.7. The number of hydrogen-bond donors (Lipinski definition) is 2. The highest BCUT2D eigenvalue weighted by Crippen LogP contribution is 2.24. The molecule has 1 fully saturated rings. The quantitative estimate of drug-likeness (QED) is 0.549. The average molecular weight is 418 g/mol. The Morgan fingerprint density at radius 2 is 1.55 bits per heavy atom. The Morgan fingerprint density at radius 3 is 2.23 bits per heavy atom. The first-order valence-corrected chi connectivity index (χ1v) is 10.7. The molecule has 31 heavy (non-hydrogen) atoms. The third-order valence-corrected chi connectivity index (χ3v) is 5.89. The number of carbonyl (C=O) groups is 1. The summed E-state index contributed by atoms with van der Waals surface area (Å²) in [6.45, 7) is 0.961. The third-order valence-electron chi connectivity index (χ3n) is 5.89. The van der Waals surface area contributed by atoms with Crippen molar-refractivity contribution in [1.82, 2.24) is 4.90 Å². The van der Waals surface area contributed by atoms with E-state index in [1.807, 2.05) is 42.5 Å². The fourth-order valence-electron chi connectivity index (χ4n) is 4.08. The predicted octanol–water partition coefficient (Wildman–Crippen LogP) is 3.52. The van der Waals surface area contributed by atoms with Gasteiger partial charge in [-0.05, 0) is 36.1 Å². The zero-order valence-electron chi connectivity index (χ0n) is 17.7. The Hall–Kier alpha value is -3.41. The van der Waals surface area contributed by atoms with Crippen LogP contribution in [-0.4, -0.2) is 23.9 Å². The van der Waals surface area contributed by atoms with Gasteiger partial charge in [-0.1, -0.05) is 55.3 Å².